The predicted octanol–water partition coefficient (Wildman–Crippen LogP) is 2.88. The van der Waals surface area contributed by atoms with E-state index in [2.05, 4.69) is 24.1 Å². The monoisotopic (exact) mass is 333 g/mol. The standard InChI is InChI=1S/C17H23N3O2S/c1-10(2)7-8-18-15(21)14-11(3)13-16(23-14)19-12-6-4-5-9-20(12)17(13)22/h10H,4-9H2,1-3H3,(H,18,21). The highest BCUT2D eigenvalue weighted by Gasteiger charge is 2.22. The van der Waals surface area contributed by atoms with Gasteiger partial charge in [0.1, 0.15) is 10.7 Å². The van der Waals surface area contributed by atoms with Gasteiger partial charge in [-0.15, -0.1) is 11.3 Å². The van der Waals surface area contributed by atoms with E-state index in [1.54, 1.807) is 4.57 Å². The van der Waals surface area contributed by atoms with Gasteiger partial charge in [-0.25, -0.2) is 4.98 Å². The SMILES string of the molecule is Cc1c(C(=O)NCCC(C)C)sc2nc3n(c(=O)c12)CCCC3. The van der Waals surface area contributed by atoms with E-state index in [1.165, 1.54) is 11.3 Å². The molecule has 0 spiro atoms. The summed E-state index contributed by atoms with van der Waals surface area (Å²) in [6.45, 7) is 7.52. The maximum atomic E-state index is 12.7. The molecule has 5 nitrogen and oxygen atoms in total. The third-order valence-electron chi connectivity index (χ3n) is 4.37. The molecule has 3 rings (SSSR count). The Bertz CT molecular complexity index is 804. The average molecular weight is 333 g/mol. The van der Waals surface area contributed by atoms with Gasteiger partial charge in [0.05, 0.1) is 10.3 Å². The van der Waals surface area contributed by atoms with E-state index in [0.29, 0.717) is 27.6 Å². The molecule has 0 saturated carbocycles. The number of carbonyl (C=O) groups excluding carboxylic acids is 1. The highest BCUT2D eigenvalue weighted by molar-refractivity contribution is 7.20. The molecule has 6 heteroatoms. The van der Waals surface area contributed by atoms with Gasteiger partial charge < -0.3 is 5.32 Å². The van der Waals surface area contributed by atoms with E-state index in [9.17, 15) is 9.59 Å². The van der Waals surface area contributed by atoms with Crippen molar-refractivity contribution in [3.8, 4) is 0 Å². The van der Waals surface area contributed by atoms with Crippen LogP contribution in [0.3, 0.4) is 0 Å². The van der Waals surface area contributed by atoms with Crippen LogP contribution < -0.4 is 10.9 Å². The van der Waals surface area contributed by atoms with E-state index >= 15 is 0 Å². The van der Waals surface area contributed by atoms with Crippen molar-refractivity contribution in [2.45, 2.75) is 53.0 Å². The summed E-state index contributed by atoms with van der Waals surface area (Å²) in [7, 11) is 0. The van der Waals surface area contributed by atoms with Crippen LogP contribution in [0.1, 0.15) is 54.2 Å². The molecular weight excluding hydrogens is 310 g/mol. The third-order valence-corrected chi connectivity index (χ3v) is 5.56. The Balaban J connectivity index is 1.97. The van der Waals surface area contributed by atoms with Gasteiger partial charge >= 0.3 is 0 Å². The summed E-state index contributed by atoms with van der Waals surface area (Å²) in [6, 6.07) is 0. The smallest absolute Gasteiger partial charge is 0.262 e. The number of hydrogen-bond acceptors (Lipinski definition) is 4. The zero-order chi connectivity index (χ0) is 16.6. The van der Waals surface area contributed by atoms with Crippen molar-refractivity contribution < 1.29 is 4.79 Å². The predicted molar refractivity (Wildman–Crippen MR) is 93.3 cm³/mol. The average Bonchev–Trinajstić information content (AvgIpc) is 2.84. The minimum atomic E-state index is -0.0893. The normalized spacial score (nSPS) is 14.3. The second-order valence-corrected chi connectivity index (χ2v) is 7.62. The van der Waals surface area contributed by atoms with E-state index in [-0.39, 0.29) is 11.5 Å². The zero-order valence-electron chi connectivity index (χ0n) is 13.9. The number of nitrogens with zero attached hydrogens (tertiary/aromatic N) is 2. The first-order valence-electron chi connectivity index (χ1n) is 8.30. The summed E-state index contributed by atoms with van der Waals surface area (Å²) in [6.07, 6.45) is 3.89. The molecule has 0 radical (unpaired) electrons. The Hall–Kier alpha value is -1.69. The lowest BCUT2D eigenvalue weighted by molar-refractivity contribution is 0.0955. The summed E-state index contributed by atoms with van der Waals surface area (Å²) in [5.41, 5.74) is 0.783. The van der Waals surface area contributed by atoms with Crippen LogP contribution in [-0.4, -0.2) is 22.0 Å². The minimum Gasteiger partial charge on any atom is -0.351 e. The molecule has 0 aliphatic carbocycles. The van der Waals surface area contributed by atoms with Crippen molar-refractivity contribution in [3.05, 3.63) is 26.6 Å². The summed E-state index contributed by atoms with van der Waals surface area (Å²) >= 11 is 1.34. The molecule has 1 aliphatic heterocycles. The van der Waals surface area contributed by atoms with Crippen molar-refractivity contribution in [1.82, 2.24) is 14.9 Å². The van der Waals surface area contributed by atoms with Crippen LogP contribution in [0.5, 0.6) is 0 Å². The van der Waals surface area contributed by atoms with Crippen LogP contribution in [0, 0.1) is 12.8 Å². The fraction of sp³-hybridized carbons (Fsp3) is 0.588. The maximum Gasteiger partial charge on any atom is 0.262 e. The molecule has 1 N–H and O–H groups in total. The van der Waals surface area contributed by atoms with Crippen LogP contribution >= 0.6 is 11.3 Å². The largest absolute Gasteiger partial charge is 0.351 e. The molecule has 124 valence electrons. The Kier molecular flexibility index (Phi) is 4.53. The molecular formula is C17H23N3O2S. The van der Waals surface area contributed by atoms with Crippen molar-refractivity contribution in [1.29, 1.82) is 0 Å². The maximum absolute atomic E-state index is 12.7. The number of aryl methyl sites for hydroxylation is 2. The Morgan fingerprint density at radius 2 is 2.17 bits per heavy atom. The van der Waals surface area contributed by atoms with Crippen LogP contribution in [0.25, 0.3) is 10.2 Å². The quantitative estimate of drug-likeness (QED) is 0.936. The van der Waals surface area contributed by atoms with E-state index in [4.69, 9.17) is 0 Å². The number of fused-ring (bicyclic) bond motifs is 2. The van der Waals surface area contributed by atoms with Crippen molar-refractivity contribution in [3.63, 3.8) is 0 Å². The molecule has 2 aromatic rings. The van der Waals surface area contributed by atoms with Crippen LogP contribution in [-0.2, 0) is 13.0 Å². The zero-order valence-corrected chi connectivity index (χ0v) is 14.8. The van der Waals surface area contributed by atoms with Gasteiger partial charge in [0.25, 0.3) is 11.5 Å². The van der Waals surface area contributed by atoms with Crippen LogP contribution in [0.4, 0.5) is 0 Å². The summed E-state index contributed by atoms with van der Waals surface area (Å²) in [5, 5.41) is 3.58. The fourth-order valence-electron chi connectivity index (χ4n) is 3.00. The first-order valence-corrected chi connectivity index (χ1v) is 9.11. The number of thiophene rings is 1. The minimum absolute atomic E-state index is 0.0136. The molecule has 2 aromatic heterocycles. The van der Waals surface area contributed by atoms with Gasteiger partial charge in [0.15, 0.2) is 0 Å². The van der Waals surface area contributed by atoms with Gasteiger partial charge in [-0.1, -0.05) is 13.8 Å². The lowest BCUT2D eigenvalue weighted by Gasteiger charge is -2.16. The second-order valence-electron chi connectivity index (χ2n) is 6.62. The van der Waals surface area contributed by atoms with Gasteiger partial charge in [-0.05, 0) is 37.7 Å². The Labute approximate surface area is 139 Å². The van der Waals surface area contributed by atoms with E-state index < -0.39 is 0 Å². The number of nitrogens with one attached hydrogen (secondary N) is 1. The molecule has 0 unspecified atom stereocenters. The lowest BCUT2D eigenvalue weighted by atomic mass is 10.1. The summed E-state index contributed by atoms with van der Waals surface area (Å²) < 4.78 is 1.78. The second kappa shape index (κ2) is 6.43. The van der Waals surface area contributed by atoms with Gasteiger partial charge in [0, 0.05) is 19.5 Å². The lowest BCUT2D eigenvalue weighted by Crippen LogP contribution is -2.28. The molecule has 23 heavy (non-hydrogen) atoms. The number of carbonyl (C=O) groups is 1. The van der Waals surface area contributed by atoms with Crippen molar-refractivity contribution in [2.75, 3.05) is 6.54 Å². The molecule has 0 aromatic carbocycles. The van der Waals surface area contributed by atoms with Crippen LogP contribution in [0.2, 0.25) is 0 Å². The van der Waals surface area contributed by atoms with E-state index in [0.717, 1.165) is 43.6 Å². The summed E-state index contributed by atoms with van der Waals surface area (Å²) in [4.78, 5) is 31.1. The highest BCUT2D eigenvalue weighted by atomic mass is 32.1. The van der Waals surface area contributed by atoms with Gasteiger partial charge in [-0.3, -0.25) is 14.2 Å². The molecule has 0 bridgehead atoms. The first-order chi connectivity index (χ1) is 11.0. The molecule has 0 atom stereocenters. The van der Waals surface area contributed by atoms with E-state index in [1.807, 2.05) is 6.92 Å². The Morgan fingerprint density at radius 3 is 2.91 bits per heavy atom. The molecule has 1 amide bonds. The summed E-state index contributed by atoms with van der Waals surface area (Å²) in [5.74, 6) is 1.33. The van der Waals surface area contributed by atoms with Gasteiger partial charge in [-0.2, -0.15) is 0 Å². The molecule has 0 fully saturated rings. The molecule has 3 heterocycles. The Morgan fingerprint density at radius 1 is 1.39 bits per heavy atom. The third kappa shape index (κ3) is 3.04. The highest BCUT2D eigenvalue weighted by Crippen LogP contribution is 2.28. The number of aromatic nitrogens is 2. The fourth-order valence-corrected chi connectivity index (χ4v) is 4.11. The number of hydrogen-bond donors (Lipinski definition) is 1. The van der Waals surface area contributed by atoms with Crippen molar-refractivity contribution >= 4 is 27.5 Å². The number of amides is 1. The molecule has 0 saturated heterocycles. The van der Waals surface area contributed by atoms with Crippen LogP contribution in [0.15, 0.2) is 4.79 Å². The number of rotatable bonds is 4. The van der Waals surface area contributed by atoms with Crippen molar-refractivity contribution in [2.24, 2.45) is 5.92 Å². The molecule has 1 aliphatic rings. The topological polar surface area (TPSA) is 64.0 Å². The van der Waals surface area contributed by atoms with Gasteiger partial charge in [0.2, 0.25) is 0 Å². The first kappa shape index (κ1) is 16.2.